The van der Waals surface area contributed by atoms with E-state index < -0.39 is 4.92 Å². The standard InChI is InChI=1S/C20H28ClN7O4/c1-5-14(8-11-31-4)27-16(6-2)17(28(29)30)19(25-27)32-10-7-9-26-18-15(13(3)24-26)12-22-20(21)23-18/h12,14H,5-11H2,1-4H3. The maximum Gasteiger partial charge on any atom is 0.353 e. The highest BCUT2D eigenvalue weighted by Gasteiger charge is 2.30. The number of ether oxygens (including phenoxy) is 2. The first-order valence-electron chi connectivity index (χ1n) is 10.6. The fourth-order valence-electron chi connectivity index (χ4n) is 3.73. The Morgan fingerprint density at radius 3 is 2.72 bits per heavy atom. The predicted octanol–water partition coefficient (Wildman–Crippen LogP) is 3.91. The second-order valence-corrected chi connectivity index (χ2v) is 7.72. The summed E-state index contributed by atoms with van der Waals surface area (Å²) < 4.78 is 14.4. The number of aromatic nitrogens is 6. The van der Waals surface area contributed by atoms with Gasteiger partial charge in [-0.15, -0.1) is 5.10 Å². The maximum absolute atomic E-state index is 11.8. The van der Waals surface area contributed by atoms with E-state index in [4.69, 9.17) is 21.1 Å². The highest BCUT2D eigenvalue weighted by molar-refractivity contribution is 6.28. The lowest BCUT2D eigenvalue weighted by atomic mass is 10.1. The van der Waals surface area contributed by atoms with Gasteiger partial charge in [0.25, 0.3) is 0 Å². The fraction of sp³-hybridized carbons (Fsp3) is 0.600. The van der Waals surface area contributed by atoms with Crippen LogP contribution in [0.25, 0.3) is 11.0 Å². The van der Waals surface area contributed by atoms with Crippen LogP contribution in [-0.4, -0.2) is 54.8 Å². The summed E-state index contributed by atoms with van der Waals surface area (Å²) in [4.78, 5) is 19.6. The largest absolute Gasteiger partial charge is 0.472 e. The molecule has 3 aromatic heterocycles. The normalized spacial score (nSPS) is 12.4. The Hall–Kier alpha value is -2.79. The van der Waals surface area contributed by atoms with Gasteiger partial charge in [-0.2, -0.15) is 10.1 Å². The summed E-state index contributed by atoms with van der Waals surface area (Å²) in [6, 6.07) is 0.00352. The zero-order chi connectivity index (χ0) is 23.3. The molecule has 0 saturated heterocycles. The Morgan fingerprint density at radius 1 is 1.28 bits per heavy atom. The van der Waals surface area contributed by atoms with E-state index in [9.17, 15) is 10.1 Å². The molecule has 0 aliphatic rings. The lowest BCUT2D eigenvalue weighted by Gasteiger charge is -2.16. The number of rotatable bonds is 12. The van der Waals surface area contributed by atoms with Gasteiger partial charge in [-0.1, -0.05) is 13.8 Å². The first-order valence-corrected chi connectivity index (χ1v) is 11.0. The van der Waals surface area contributed by atoms with E-state index in [0.29, 0.717) is 43.8 Å². The van der Waals surface area contributed by atoms with E-state index in [-0.39, 0.29) is 29.5 Å². The third-order valence-corrected chi connectivity index (χ3v) is 5.52. The van der Waals surface area contributed by atoms with Gasteiger partial charge in [-0.05, 0) is 37.8 Å². The second kappa shape index (κ2) is 10.7. The summed E-state index contributed by atoms with van der Waals surface area (Å²) in [5.41, 5.74) is 1.95. The van der Waals surface area contributed by atoms with Crippen molar-refractivity contribution in [2.75, 3.05) is 20.3 Å². The molecule has 3 rings (SSSR count). The van der Waals surface area contributed by atoms with Gasteiger partial charge in [0, 0.05) is 32.9 Å². The number of fused-ring (bicyclic) bond motifs is 1. The molecule has 32 heavy (non-hydrogen) atoms. The number of aryl methyl sites for hydroxylation is 2. The van der Waals surface area contributed by atoms with Gasteiger partial charge in [0.05, 0.1) is 28.7 Å². The van der Waals surface area contributed by atoms with Crippen LogP contribution in [0.3, 0.4) is 0 Å². The number of hydrogen-bond acceptors (Lipinski definition) is 8. The third kappa shape index (κ3) is 4.99. The van der Waals surface area contributed by atoms with E-state index in [0.717, 1.165) is 17.5 Å². The average Bonchev–Trinajstić information content (AvgIpc) is 3.29. The lowest BCUT2D eigenvalue weighted by molar-refractivity contribution is -0.386. The Bertz CT molecular complexity index is 1080. The summed E-state index contributed by atoms with van der Waals surface area (Å²) in [6.07, 6.45) is 4.19. The van der Waals surface area contributed by atoms with Gasteiger partial charge in [0.2, 0.25) is 5.28 Å². The van der Waals surface area contributed by atoms with Crippen molar-refractivity contribution in [1.82, 2.24) is 29.5 Å². The van der Waals surface area contributed by atoms with E-state index >= 15 is 0 Å². The van der Waals surface area contributed by atoms with Crippen LogP contribution in [0.1, 0.15) is 50.5 Å². The molecule has 11 nitrogen and oxygen atoms in total. The highest BCUT2D eigenvalue weighted by Crippen LogP contribution is 2.34. The van der Waals surface area contributed by atoms with Crippen LogP contribution in [0.5, 0.6) is 5.88 Å². The first kappa shape index (κ1) is 23.9. The van der Waals surface area contributed by atoms with Crippen LogP contribution in [0.2, 0.25) is 5.28 Å². The summed E-state index contributed by atoms with van der Waals surface area (Å²) >= 11 is 5.92. The summed E-state index contributed by atoms with van der Waals surface area (Å²) in [5.74, 6) is 0.0505. The van der Waals surface area contributed by atoms with Crippen LogP contribution < -0.4 is 4.74 Å². The topological polar surface area (TPSA) is 123 Å². The van der Waals surface area contributed by atoms with Gasteiger partial charge >= 0.3 is 11.6 Å². The number of nitrogens with zero attached hydrogens (tertiary/aromatic N) is 7. The van der Waals surface area contributed by atoms with E-state index in [1.165, 1.54) is 0 Å². The van der Waals surface area contributed by atoms with Crippen LogP contribution in [0, 0.1) is 17.0 Å². The zero-order valence-electron chi connectivity index (χ0n) is 18.7. The van der Waals surface area contributed by atoms with Gasteiger partial charge in [0.15, 0.2) is 5.65 Å². The minimum absolute atomic E-state index is 0.00352. The smallest absolute Gasteiger partial charge is 0.353 e. The molecule has 12 heteroatoms. The Kier molecular flexibility index (Phi) is 7.97. The molecule has 0 spiro atoms. The van der Waals surface area contributed by atoms with Crippen LogP contribution >= 0.6 is 11.6 Å². The van der Waals surface area contributed by atoms with Crippen molar-refractivity contribution in [3.05, 3.63) is 33.0 Å². The monoisotopic (exact) mass is 465 g/mol. The minimum Gasteiger partial charge on any atom is -0.472 e. The molecule has 3 aromatic rings. The van der Waals surface area contributed by atoms with Gasteiger partial charge < -0.3 is 9.47 Å². The summed E-state index contributed by atoms with van der Waals surface area (Å²) in [7, 11) is 1.64. The highest BCUT2D eigenvalue weighted by atomic mass is 35.5. The predicted molar refractivity (Wildman–Crippen MR) is 119 cm³/mol. The first-order chi connectivity index (χ1) is 15.4. The molecule has 1 atom stereocenters. The molecule has 0 saturated carbocycles. The summed E-state index contributed by atoms with van der Waals surface area (Å²) in [5, 5.41) is 21.7. The van der Waals surface area contributed by atoms with Gasteiger partial charge in [-0.3, -0.25) is 14.8 Å². The Balaban J connectivity index is 1.74. The Labute approximate surface area is 190 Å². The molecule has 0 N–H and O–H groups in total. The zero-order valence-corrected chi connectivity index (χ0v) is 19.5. The molecule has 3 heterocycles. The molecule has 0 bridgehead atoms. The third-order valence-electron chi connectivity index (χ3n) is 5.34. The van der Waals surface area contributed by atoms with Crippen LogP contribution in [0.15, 0.2) is 6.20 Å². The summed E-state index contributed by atoms with van der Waals surface area (Å²) in [6.45, 7) is 7.09. The van der Waals surface area contributed by atoms with E-state index in [2.05, 4.69) is 20.2 Å². The molecule has 0 aromatic carbocycles. The van der Waals surface area contributed by atoms with Crippen molar-refractivity contribution in [1.29, 1.82) is 0 Å². The van der Waals surface area contributed by atoms with Crippen molar-refractivity contribution >= 4 is 28.3 Å². The quantitative estimate of drug-likeness (QED) is 0.171. The molecular formula is C20H28ClN7O4. The number of nitro groups is 1. The van der Waals surface area contributed by atoms with Crippen molar-refractivity contribution in [2.24, 2.45) is 0 Å². The molecule has 174 valence electrons. The van der Waals surface area contributed by atoms with Gasteiger partial charge in [0.1, 0.15) is 5.69 Å². The number of methoxy groups -OCH3 is 1. The maximum atomic E-state index is 11.8. The number of hydrogen-bond donors (Lipinski definition) is 0. The molecular weight excluding hydrogens is 438 g/mol. The molecule has 0 radical (unpaired) electrons. The van der Waals surface area contributed by atoms with Gasteiger partial charge in [-0.25, -0.2) is 9.67 Å². The average molecular weight is 466 g/mol. The molecule has 0 aliphatic carbocycles. The Morgan fingerprint density at radius 2 is 2.06 bits per heavy atom. The molecule has 1 unspecified atom stereocenters. The molecule has 0 amide bonds. The van der Waals surface area contributed by atoms with Crippen molar-refractivity contribution in [3.8, 4) is 5.88 Å². The minimum atomic E-state index is -0.413. The van der Waals surface area contributed by atoms with E-state index in [1.54, 1.807) is 22.7 Å². The molecule has 0 aliphatic heterocycles. The van der Waals surface area contributed by atoms with Crippen LogP contribution in [0.4, 0.5) is 5.69 Å². The second-order valence-electron chi connectivity index (χ2n) is 7.39. The van der Waals surface area contributed by atoms with Crippen LogP contribution in [-0.2, 0) is 17.7 Å². The lowest BCUT2D eigenvalue weighted by Crippen LogP contribution is -2.15. The molecule has 0 fully saturated rings. The fourth-order valence-corrected chi connectivity index (χ4v) is 3.86. The van der Waals surface area contributed by atoms with E-state index in [1.807, 2.05) is 20.8 Å². The van der Waals surface area contributed by atoms with Crippen molar-refractivity contribution < 1.29 is 14.4 Å². The van der Waals surface area contributed by atoms with Crippen molar-refractivity contribution in [2.45, 2.75) is 59.0 Å². The SMILES string of the molecule is CCc1c([N+](=O)[O-])c(OCCCn2nc(C)c3cnc(Cl)nc32)nn1C(CC)CCOC. The number of halogens is 1. The van der Waals surface area contributed by atoms with Crippen molar-refractivity contribution in [3.63, 3.8) is 0 Å².